The van der Waals surface area contributed by atoms with E-state index in [0.29, 0.717) is 24.5 Å². The van der Waals surface area contributed by atoms with Gasteiger partial charge in [-0.25, -0.2) is 9.37 Å². The van der Waals surface area contributed by atoms with Crippen LogP contribution in [0, 0.1) is 12.7 Å². The molecule has 0 aliphatic heterocycles. The minimum absolute atomic E-state index is 0.128. The van der Waals surface area contributed by atoms with Crippen LogP contribution in [-0.4, -0.2) is 16.7 Å². The lowest BCUT2D eigenvalue weighted by molar-refractivity contribution is 0.387. The smallest absolute Gasteiger partial charge is 0.253 e. The maximum atomic E-state index is 14.7. The lowest BCUT2D eigenvalue weighted by Crippen LogP contribution is -2.24. The first kappa shape index (κ1) is 16.9. The maximum Gasteiger partial charge on any atom is 0.253 e. The van der Waals surface area contributed by atoms with Crippen molar-refractivity contribution in [3.8, 4) is 17.1 Å². The Bertz CT molecular complexity index is 936. The van der Waals surface area contributed by atoms with E-state index in [4.69, 9.17) is 4.74 Å². The normalized spacial score (nSPS) is 10.7. The van der Waals surface area contributed by atoms with E-state index in [9.17, 15) is 9.18 Å². The Morgan fingerprint density at radius 1 is 1.12 bits per heavy atom. The number of halogens is 1. The van der Waals surface area contributed by atoms with E-state index in [1.165, 1.54) is 17.7 Å². The number of aryl methyl sites for hydroxylation is 2. The van der Waals surface area contributed by atoms with E-state index in [1.807, 2.05) is 30.3 Å². The first-order valence-corrected chi connectivity index (χ1v) is 8.05. The molecule has 0 radical (unpaired) electrons. The monoisotopic (exact) mass is 338 g/mol. The molecule has 0 aliphatic carbocycles. The average Bonchev–Trinajstić information content (AvgIpc) is 2.61. The summed E-state index contributed by atoms with van der Waals surface area (Å²) in [6.45, 7) is 2.15. The number of benzene rings is 2. The molecule has 0 atom stereocenters. The number of hydrogen-bond acceptors (Lipinski definition) is 3. The molecule has 5 heteroatoms. The molecular weight excluding hydrogens is 319 g/mol. The van der Waals surface area contributed by atoms with Gasteiger partial charge in [0.1, 0.15) is 5.82 Å². The van der Waals surface area contributed by atoms with E-state index in [2.05, 4.69) is 4.98 Å². The summed E-state index contributed by atoms with van der Waals surface area (Å²) < 4.78 is 21.2. The van der Waals surface area contributed by atoms with Gasteiger partial charge in [-0.3, -0.25) is 9.36 Å². The van der Waals surface area contributed by atoms with Gasteiger partial charge in [0, 0.05) is 18.3 Å². The minimum atomic E-state index is -0.518. The molecule has 0 bridgehead atoms. The van der Waals surface area contributed by atoms with E-state index in [0.717, 1.165) is 5.56 Å². The Morgan fingerprint density at radius 2 is 1.88 bits per heavy atom. The van der Waals surface area contributed by atoms with Crippen molar-refractivity contribution in [2.75, 3.05) is 7.11 Å². The highest BCUT2D eigenvalue weighted by Crippen LogP contribution is 2.27. The SMILES string of the molecule is COc1cccc(-c2nc(C)cc(=O)n2CCc2ccccc2)c1F. The van der Waals surface area contributed by atoms with Crippen molar-refractivity contribution in [2.24, 2.45) is 0 Å². The van der Waals surface area contributed by atoms with Crippen LogP contribution in [0.5, 0.6) is 5.75 Å². The molecule has 0 unspecified atom stereocenters. The molecular formula is C20H19FN2O2. The lowest BCUT2D eigenvalue weighted by Gasteiger charge is -2.14. The summed E-state index contributed by atoms with van der Waals surface area (Å²) in [5.74, 6) is -0.0730. The second-order valence-electron chi connectivity index (χ2n) is 5.77. The number of aromatic nitrogens is 2. The molecule has 1 aromatic heterocycles. The maximum absolute atomic E-state index is 14.7. The zero-order valence-electron chi connectivity index (χ0n) is 14.2. The zero-order valence-corrected chi connectivity index (χ0v) is 14.2. The summed E-state index contributed by atoms with van der Waals surface area (Å²) in [4.78, 5) is 16.9. The van der Waals surface area contributed by atoms with Crippen LogP contribution in [0.3, 0.4) is 0 Å². The highest BCUT2D eigenvalue weighted by molar-refractivity contribution is 5.59. The molecule has 4 nitrogen and oxygen atoms in total. The molecule has 0 saturated carbocycles. The Kier molecular flexibility index (Phi) is 4.93. The quantitative estimate of drug-likeness (QED) is 0.714. The standard InChI is InChI=1S/C20H19FN2O2/c1-14-13-18(24)23(12-11-15-7-4-3-5-8-15)20(22-14)16-9-6-10-17(25-2)19(16)21/h3-10,13H,11-12H2,1-2H3. The summed E-state index contributed by atoms with van der Waals surface area (Å²) in [6, 6.07) is 16.2. The molecule has 3 aromatic rings. The molecule has 3 rings (SSSR count). The van der Waals surface area contributed by atoms with Gasteiger partial charge in [0.2, 0.25) is 0 Å². The van der Waals surface area contributed by atoms with Crippen molar-refractivity contribution < 1.29 is 9.13 Å². The Balaban J connectivity index is 2.06. The van der Waals surface area contributed by atoms with Crippen molar-refractivity contribution in [1.29, 1.82) is 0 Å². The van der Waals surface area contributed by atoms with Gasteiger partial charge in [0.05, 0.1) is 12.7 Å². The van der Waals surface area contributed by atoms with Crippen molar-refractivity contribution in [3.05, 3.63) is 82.0 Å². The fourth-order valence-corrected chi connectivity index (χ4v) is 2.77. The molecule has 0 aliphatic rings. The fraction of sp³-hybridized carbons (Fsp3) is 0.200. The van der Waals surface area contributed by atoms with Gasteiger partial charge < -0.3 is 4.74 Å². The third-order valence-electron chi connectivity index (χ3n) is 4.03. The van der Waals surface area contributed by atoms with Gasteiger partial charge in [-0.1, -0.05) is 36.4 Å². The summed E-state index contributed by atoms with van der Waals surface area (Å²) in [5, 5.41) is 0. The molecule has 0 amide bonds. The summed E-state index contributed by atoms with van der Waals surface area (Å²) in [5.41, 5.74) is 1.72. The molecule has 0 spiro atoms. The first-order chi connectivity index (χ1) is 12.1. The summed E-state index contributed by atoms with van der Waals surface area (Å²) in [7, 11) is 1.41. The number of hydrogen-bond donors (Lipinski definition) is 0. The zero-order chi connectivity index (χ0) is 17.8. The van der Waals surface area contributed by atoms with Gasteiger partial charge in [0.15, 0.2) is 11.6 Å². The molecule has 0 saturated heterocycles. The van der Waals surface area contributed by atoms with Gasteiger partial charge in [-0.15, -0.1) is 0 Å². The summed E-state index contributed by atoms with van der Waals surface area (Å²) in [6.07, 6.45) is 0.657. The number of nitrogens with zero attached hydrogens (tertiary/aromatic N) is 2. The third-order valence-corrected chi connectivity index (χ3v) is 4.03. The predicted molar refractivity (Wildman–Crippen MR) is 95.3 cm³/mol. The van der Waals surface area contributed by atoms with Crippen LogP contribution >= 0.6 is 0 Å². The van der Waals surface area contributed by atoms with Crippen molar-refractivity contribution in [2.45, 2.75) is 19.9 Å². The Labute approximate surface area is 145 Å². The third kappa shape index (κ3) is 3.60. The number of methoxy groups -OCH3 is 1. The lowest BCUT2D eigenvalue weighted by atomic mass is 10.1. The number of rotatable bonds is 5. The second kappa shape index (κ2) is 7.30. The van der Waals surface area contributed by atoms with E-state index in [-0.39, 0.29) is 16.9 Å². The van der Waals surface area contributed by atoms with Crippen LogP contribution in [0.1, 0.15) is 11.3 Å². The highest BCUT2D eigenvalue weighted by atomic mass is 19.1. The summed E-state index contributed by atoms with van der Waals surface area (Å²) >= 11 is 0. The van der Waals surface area contributed by atoms with Gasteiger partial charge in [-0.05, 0) is 31.0 Å². The van der Waals surface area contributed by atoms with Crippen LogP contribution in [0.15, 0.2) is 59.4 Å². The molecule has 128 valence electrons. The van der Waals surface area contributed by atoms with Crippen LogP contribution in [-0.2, 0) is 13.0 Å². The Hall–Kier alpha value is -2.95. The van der Waals surface area contributed by atoms with Gasteiger partial charge in [0.25, 0.3) is 5.56 Å². The van der Waals surface area contributed by atoms with Gasteiger partial charge >= 0.3 is 0 Å². The molecule has 25 heavy (non-hydrogen) atoms. The van der Waals surface area contributed by atoms with Crippen molar-refractivity contribution in [3.63, 3.8) is 0 Å². The Morgan fingerprint density at radius 3 is 2.60 bits per heavy atom. The van der Waals surface area contributed by atoms with Crippen LogP contribution < -0.4 is 10.3 Å². The van der Waals surface area contributed by atoms with Crippen molar-refractivity contribution in [1.82, 2.24) is 9.55 Å². The van der Waals surface area contributed by atoms with Crippen LogP contribution in [0.4, 0.5) is 4.39 Å². The largest absolute Gasteiger partial charge is 0.494 e. The van der Waals surface area contributed by atoms with Crippen molar-refractivity contribution >= 4 is 0 Å². The molecule has 1 heterocycles. The number of ether oxygens (including phenoxy) is 1. The molecule has 0 fully saturated rings. The molecule has 2 aromatic carbocycles. The van der Waals surface area contributed by atoms with Gasteiger partial charge in [-0.2, -0.15) is 0 Å². The minimum Gasteiger partial charge on any atom is -0.494 e. The average molecular weight is 338 g/mol. The topological polar surface area (TPSA) is 44.1 Å². The first-order valence-electron chi connectivity index (χ1n) is 8.05. The highest BCUT2D eigenvalue weighted by Gasteiger charge is 2.16. The van der Waals surface area contributed by atoms with E-state index < -0.39 is 5.82 Å². The van der Waals surface area contributed by atoms with E-state index in [1.54, 1.807) is 25.1 Å². The van der Waals surface area contributed by atoms with E-state index >= 15 is 0 Å². The fourth-order valence-electron chi connectivity index (χ4n) is 2.77. The second-order valence-corrected chi connectivity index (χ2v) is 5.77. The van der Waals surface area contributed by atoms with Crippen LogP contribution in [0.25, 0.3) is 11.4 Å². The van der Waals surface area contributed by atoms with Crippen LogP contribution in [0.2, 0.25) is 0 Å². The predicted octanol–water partition coefficient (Wildman–Crippen LogP) is 3.61. The molecule has 0 N–H and O–H groups in total.